The first-order valence-corrected chi connectivity index (χ1v) is 11.9. The average molecular weight is 482 g/mol. The quantitative estimate of drug-likeness (QED) is 0.358. The van der Waals surface area contributed by atoms with E-state index in [1.807, 2.05) is 36.4 Å². The molecule has 0 bridgehead atoms. The molecule has 182 valence electrons. The van der Waals surface area contributed by atoms with Crippen molar-refractivity contribution in [3.63, 3.8) is 0 Å². The van der Waals surface area contributed by atoms with Gasteiger partial charge in [0.05, 0.1) is 31.5 Å². The smallest absolute Gasteiger partial charge is 0.212 e. The van der Waals surface area contributed by atoms with Crippen LogP contribution in [0.15, 0.2) is 54.9 Å². The molecule has 0 amide bonds. The Bertz CT molecular complexity index is 1410. The van der Waals surface area contributed by atoms with Gasteiger partial charge in [-0.25, -0.2) is 9.97 Å². The first kappa shape index (κ1) is 23.4. The van der Waals surface area contributed by atoms with E-state index >= 15 is 0 Å². The Kier molecular flexibility index (Phi) is 6.80. The van der Waals surface area contributed by atoms with E-state index in [2.05, 4.69) is 20.9 Å². The van der Waals surface area contributed by atoms with Crippen LogP contribution in [0, 0.1) is 11.3 Å². The molecule has 0 spiro atoms. The summed E-state index contributed by atoms with van der Waals surface area (Å²) in [6.07, 6.45) is 6.40. The Hall–Kier alpha value is -4.38. The molecule has 0 atom stereocenters. The van der Waals surface area contributed by atoms with Gasteiger partial charge in [0.1, 0.15) is 24.0 Å². The standard InChI is InChI=1S/C28H27N5O3/c1-34-25-14-19(5-9-24(25)36-18-20-6-10-27(35-2)31-16-20)13-21-7-8-23-28(22(21)15-29)32-26(17-30-23)33-11-3-4-12-33/h5-10,14,16-17H,3-4,11-13,18H2,1-2H3. The number of hydrogen-bond acceptors (Lipinski definition) is 8. The molecule has 1 aliphatic rings. The zero-order chi connectivity index (χ0) is 24.9. The van der Waals surface area contributed by atoms with E-state index in [0.717, 1.165) is 54.0 Å². The van der Waals surface area contributed by atoms with Crippen molar-refractivity contribution in [3.8, 4) is 23.4 Å². The number of rotatable bonds is 8. The van der Waals surface area contributed by atoms with E-state index in [9.17, 15) is 5.26 Å². The van der Waals surface area contributed by atoms with Crippen molar-refractivity contribution in [1.82, 2.24) is 15.0 Å². The van der Waals surface area contributed by atoms with Crippen LogP contribution in [0.4, 0.5) is 5.82 Å². The van der Waals surface area contributed by atoms with Gasteiger partial charge in [-0.1, -0.05) is 12.1 Å². The predicted molar refractivity (Wildman–Crippen MR) is 137 cm³/mol. The molecule has 0 radical (unpaired) electrons. The average Bonchev–Trinajstić information content (AvgIpc) is 3.47. The Balaban J connectivity index is 1.37. The minimum Gasteiger partial charge on any atom is -0.493 e. The Morgan fingerprint density at radius 2 is 1.75 bits per heavy atom. The van der Waals surface area contributed by atoms with Gasteiger partial charge in [-0.15, -0.1) is 0 Å². The second-order valence-corrected chi connectivity index (χ2v) is 8.66. The zero-order valence-electron chi connectivity index (χ0n) is 20.4. The van der Waals surface area contributed by atoms with Crippen molar-refractivity contribution in [2.45, 2.75) is 25.9 Å². The highest BCUT2D eigenvalue weighted by Crippen LogP contribution is 2.31. The van der Waals surface area contributed by atoms with Crippen molar-refractivity contribution < 1.29 is 14.2 Å². The van der Waals surface area contributed by atoms with Gasteiger partial charge >= 0.3 is 0 Å². The molecule has 2 aromatic carbocycles. The van der Waals surface area contributed by atoms with Crippen LogP contribution < -0.4 is 19.1 Å². The Morgan fingerprint density at radius 3 is 2.47 bits per heavy atom. The Labute approximate surface area is 210 Å². The van der Waals surface area contributed by atoms with Crippen LogP contribution in [-0.4, -0.2) is 42.3 Å². The number of hydrogen-bond donors (Lipinski definition) is 0. The number of benzene rings is 2. The highest BCUT2D eigenvalue weighted by atomic mass is 16.5. The van der Waals surface area contributed by atoms with Crippen molar-refractivity contribution in [3.05, 3.63) is 77.1 Å². The van der Waals surface area contributed by atoms with Crippen LogP contribution in [0.2, 0.25) is 0 Å². The molecule has 4 aromatic rings. The molecular weight excluding hydrogens is 454 g/mol. The molecule has 36 heavy (non-hydrogen) atoms. The van der Waals surface area contributed by atoms with Crippen LogP contribution in [0.1, 0.15) is 35.1 Å². The molecule has 1 aliphatic heterocycles. The SMILES string of the molecule is COc1ccc(COc2ccc(Cc3ccc4ncc(N5CCCC5)nc4c3C#N)cc2OC)cn1. The summed E-state index contributed by atoms with van der Waals surface area (Å²) >= 11 is 0. The monoisotopic (exact) mass is 481 g/mol. The number of anilines is 1. The number of pyridine rings is 1. The number of nitrogens with zero attached hydrogens (tertiary/aromatic N) is 5. The van der Waals surface area contributed by atoms with Crippen molar-refractivity contribution >= 4 is 16.9 Å². The summed E-state index contributed by atoms with van der Waals surface area (Å²) in [5.74, 6) is 2.66. The van der Waals surface area contributed by atoms with Gasteiger partial charge in [0, 0.05) is 30.9 Å². The first-order valence-electron chi connectivity index (χ1n) is 11.9. The van der Waals surface area contributed by atoms with E-state index in [-0.39, 0.29) is 0 Å². The lowest BCUT2D eigenvalue weighted by atomic mass is 9.98. The number of fused-ring (bicyclic) bond motifs is 1. The summed E-state index contributed by atoms with van der Waals surface area (Å²) in [4.78, 5) is 15.8. The van der Waals surface area contributed by atoms with Crippen molar-refractivity contribution in [2.75, 3.05) is 32.2 Å². The highest BCUT2D eigenvalue weighted by molar-refractivity contribution is 5.83. The summed E-state index contributed by atoms with van der Waals surface area (Å²) in [5, 5.41) is 10.0. The van der Waals surface area contributed by atoms with Crippen LogP contribution >= 0.6 is 0 Å². The second-order valence-electron chi connectivity index (χ2n) is 8.66. The van der Waals surface area contributed by atoms with E-state index in [4.69, 9.17) is 19.2 Å². The van der Waals surface area contributed by atoms with Crippen LogP contribution in [0.3, 0.4) is 0 Å². The lowest BCUT2D eigenvalue weighted by Crippen LogP contribution is -2.19. The fraction of sp³-hybridized carbons (Fsp3) is 0.286. The number of methoxy groups -OCH3 is 2. The summed E-state index contributed by atoms with van der Waals surface area (Å²) in [6, 6.07) is 15.8. The second kappa shape index (κ2) is 10.5. The van der Waals surface area contributed by atoms with Gasteiger partial charge in [-0.3, -0.25) is 4.98 Å². The fourth-order valence-electron chi connectivity index (χ4n) is 4.42. The normalized spacial score (nSPS) is 13.0. The summed E-state index contributed by atoms with van der Waals surface area (Å²) in [6.45, 7) is 2.31. The molecular formula is C28H27N5O3. The first-order chi connectivity index (χ1) is 17.7. The minimum absolute atomic E-state index is 0.355. The van der Waals surface area contributed by atoms with Gasteiger partial charge in [0.2, 0.25) is 5.88 Å². The van der Waals surface area contributed by atoms with Gasteiger partial charge in [0.15, 0.2) is 11.5 Å². The molecule has 0 unspecified atom stereocenters. The van der Waals surface area contributed by atoms with Gasteiger partial charge in [-0.05, 0) is 54.7 Å². The third-order valence-electron chi connectivity index (χ3n) is 6.35. The molecule has 0 N–H and O–H groups in total. The summed E-state index contributed by atoms with van der Waals surface area (Å²) < 4.78 is 16.7. The summed E-state index contributed by atoms with van der Waals surface area (Å²) in [5.41, 5.74) is 4.77. The molecule has 5 rings (SSSR count). The van der Waals surface area contributed by atoms with Crippen molar-refractivity contribution in [1.29, 1.82) is 5.26 Å². The molecule has 0 aliphatic carbocycles. The largest absolute Gasteiger partial charge is 0.493 e. The number of aromatic nitrogens is 3. The maximum Gasteiger partial charge on any atom is 0.212 e. The molecule has 3 heterocycles. The molecule has 8 heteroatoms. The maximum atomic E-state index is 10.0. The molecule has 8 nitrogen and oxygen atoms in total. The third-order valence-corrected chi connectivity index (χ3v) is 6.35. The highest BCUT2D eigenvalue weighted by Gasteiger charge is 2.17. The summed E-state index contributed by atoms with van der Waals surface area (Å²) in [7, 11) is 3.20. The zero-order valence-corrected chi connectivity index (χ0v) is 20.4. The molecule has 1 saturated heterocycles. The van der Waals surface area contributed by atoms with E-state index < -0.39 is 0 Å². The Morgan fingerprint density at radius 1 is 0.917 bits per heavy atom. The van der Waals surface area contributed by atoms with Gasteiger partial charge < -0.3 is 19.1 Å². The van der Waals surface area contributed by atoms with Gasteiger partial charge in [-0.2, -0.15) is 5.26 Å². The van der Waals surface area contributed by atoms with E-state index in [0.29, 0.717) is 41.5 Å². The molecule has 0 saturated carbocycles. The molecule has 1 fully saturated rings. The predicted octanol–water partition coefficient (Wildman–Crippen LogP) is 4.68. The van der Waals surface area contributed by atoms with Crippen LogP contribution in [0.25, 0.3) is 11.0 Å². The topological polar surface area (TPSA) is 93.4 Å². The number of nitriles is 1. The van der Waals surface area contributed by atoms with Gasteiger partial charge in [0.25, 0.3) is 0 Å². The lowest BCUT2D eigenvalue weighted by Gasteiger charge is -2.17. The van der Waals surface area contributed by atoms with E-state index in [1.165, 1.54) is 0 Å². The van der Waals surface area contributed by atoms with Crippen LogP contribution in [-0.2, 0) is 13.0 Å². The van der Waals surface area contributed by atoms with E-state index in [1.54, 1.807) is 32.7 Å². The lowest BCUT2D eigenvalue weighted by molar-refractivity contribution is 0.283. The minimum atomic E-state index is 0.355. The fourth-order valence-corrected chi connectivity index (χ4v) is 4.42. The maximum absolute atomic E-state index is 10.0. The molecule has 2 aromatic heterocycles. The van der Waals surface area contributed by atoms with Crippen LogP contribution in [0.5, 0.6) is 17.4 Å². The third kappa shape index (κ3) is 4.86. The number of ether oxygens (including phenoxy) is 3. The van der Waals surface area contributed by atoms with Crippen molar-refractivity contribution in [2.24, 2.45) is 0 Å².